The van der Waals surface area contributed by atoms with Crippen LogP contribution in [-0.4, -0.2) is 65.3 Å². The third kappa shape index (κ3) is 6.89. The number of ether oxygens (including phenoxy) is 3. The molecule has 2 atom stereocenters. The van der Waals surface area contributed by atoms with Crippen LogP contribution in [0.5, 0.6) is 0 Å². The lowest BCUT2D eigenvalue weighted by atomic mass is 9.66. The highest BCUT2D eigenvalue weighted by molar-refractivity contribution is 9.15. The smallest absolute Gasteiger partial charge is 0.338 e. The highest BCUT2D eigenvalue weighted by Crippen LogP contribution is 2.58. The molecule has 3 aromatic heterocycles. The highest BCUT2D eigenvalue weighted by atomic mass is 79.9. The predicted molar refractivity (Wildman–Crippen MR) is 232 cm³/mol. The van der Waals surface area contributed by atoms with Gasteiger partial charge in [-0.15, -0.1) is 0 Å². The predicted octanol–water partition coefficient (Wildman–Crippen LogP) is 7.04. The van der Waals surface area contributed by atoms with Crippen LogP contribution in [0.2, 0.25) is 0 Å². The van der Waals surface area contributed by atoms with Gasteiger partial charge < -0.3 is 39.6 Å². The summed E-state index contributed by atoms with van der Waals surface area (Å²) in [5, 5.41) is 14.9. The molecule has 0 radical (unpaired) electrons. The lowest BCUT2D eigenvalue weighted by molar-refractivity contribution is -0.140. The number of aliphatic carboxylic acids is 1. The Morgan fingerprint density at radius 2 is 1.39 bits per heavy atom. The number of allylic oxidation sites excluding steroid dienone is 2. The van der Waals surface area contributed by atoms with E-state index in [1.54, 1.807) is 12.2 Å². The number of carbonyl (C=O) groups is 4. The number of esters is 3. The van der Waals surface area contributed by atoms with Crippen LogP contribution >= 0.6 is 63.7 Å². The van der Waals surface area contributed by atoms with Crippen molar-refractivity contribution in [3.05, 3.63) is 108 Å². The number of carboxylic acids is 1. The van der Waals surface area contributed by atoms with Gasteiger partial charge in [-0.05, 0) is 132 Å². The first kappa shape index (κ1) is 42.5. The molecule has 57 heavy (non-hydrogen) atoms. The van der Waals surface area contributed by atoms with Gasteiger partial charge in [-0.25, -0.2) is 9.59 Å². The number of carbonyl (C=O) groups excluding carboxylic acids is 3. The van der Waals surface area contributed by atoms with Gasteiger partial charge in [-0.2, -0.15) is 0 Å². The van der Waals surface area contributed by atoms with E-state index in [9.17, 15) is 24.3 Å². The molecule has 300 valence electrons. The first-order valence-electron chi connectivity index (χ1n) is 17.8. The number of halogens is 4. The maximum atomic E-state index is 13.9. The number of hydrogen-bond donors (Lipinski definition) is 5. The molecule has 1 saturated heterocycles. The molecule has 0 aromatic carbocycles. The molecular formula is C41H40Br4N4O8. The Labute approximate surface area is 362 Å². The molecule has 3 aromatic rings. The first-order valence-corrected chi connectivity index (χ1v) is 20.9. The van der Waals surface area contributed by atoms with Gasteiger partial charge >= 0.3 is 23.9 Å². The number of H-pyrrole nitrogens is 3. The minimum absolute atomic E-state index is 0.0519. The summed E-state index contributed by atoms with van der Waals surface area (Å²) in [6.45, 7) is 11.9. The number of aromatic nitrogens is 3. The zero-order valence-corrected chi connectivity index (χ0v) is 38.5. The normalized spacial score (nSPS) is 18.8. The van der Waals surface area contributed by atoms with Crippen LogP contribution in [0.4, 0.5) is 0 Å². The second kappa shape index (κ2) is 16.3. The molecule has 1 fully saturated rings. The Balaban J connectivity index is 1.84. The van der Waals surface area contributed by atoms with E-state index in [4.69, 9.17) is 14.2 Å². The summed E-state index contributed by atoms with van der Waals surface area (Å²) in [5.74, 6) is -3.28. The fourth-order valence-corrected chi connectivity index (χ4v) is 11.2. The van der Waals surface area contributed by atoms with Crippen molar-refractivity contribution in [1.82, 2.24) is 20.3 Å². The number of fused-ring (bicyclic) bond motifs is 11. The summed E-state index contributed by atoms with van der Waals surface area (Å²) in [6.07, 6.45) is 5.72. The van der Waals surface area contributed by atoms with Crippen molar-refractivity contribution in [1.29, 1.82) is 0 Å². The quantitative estimate of drug-likeness (QED) is 0.111. The van der Waals surface area contributed by atoms with E-state index in [1.807, 2.05) is 33.8 Å². The second-order valence-electron chi connectivity index (χ2n) is 14.0. The number of rotatable bonds is 9. The monoisotopic (exact) mass is 1030 g/mol. The molecule has 2 aliphatic heterocycles. The second-order valence-corrected chi connectivity index (χ2v) is 17.2. The highest BCUT2D eigenvalue weighted by Gasteiger charge is 2.55. The molecule has 12 nitrogen and oxygen atoms in total. The zero-order chi connectivity index (χ0) is 41.8. The summed E-state index contributed by atoms with van der Waals surface area (Å²) in [6, 6.07) is 0. The van der Waals surface area contributed by atoms with E-state index in [2.05, 4.69) is 90.6 Å². The summed E-state index contributed by atoms with van der Waals surface area (Å²) >= 11 is 15.7. The van der Waals surface area contributed by atoms with Crippen LogP contribution in [0.3, 0.4) is 0 Å². The Morgan fingerprint density at radius 1 is 0.772 bits per heavy atom. The van der Waals surface area contributed by atoms with Crippen LogP contribution in [0, 0.1) is 32.1 Å². The molecule has 3 aliphatic rings. The van der Waals surface area contributed by atoms with Crippen molar-refractivity contribution in [2.24, 2.45) is 11.3 Å². The van der Waals surface area contributed by atoms with Crippen molar-refractivity contribution < 1.29 is 38.5 Å². The van der Waals surface area contributed by atoms with Gasteiger partial charge in [0.15, 0.2) is 0 Å². The summed E-state index contributed by atoms with van der Waals surface area (Å²) in [4.78, 5) is 62.5. The number of hydrogen-bond acceptors (Lipinski definition) is 8. The van der Waals surface area contributed by atoms with Crippen LogP contribution in [0.1, 0.15) is 75.9 Å². The fourth-order valence-electron chi connectivity index (χ4n) is 8.12. The lowest BCUT2D eigenvalue weighted by Crippen LogP contribution is -2.36. The standard InChI is InChI=1S/C41H40Br4N4O8/c1-9-19-16(2)31-28(43)37-23-13-10-22(39(53)56-7)26(40(54)57-8)41(23,5)38(49-37)30(45)33-18(4)20(11-14-24(50)51)35(48-33)29(44)36-21(12-15-25(52)55-6)17(3)32(47-36)27(42)34(19)46-31/h9-10,13,23,46-49H,1,11-12,14-15H2,2-8H3,(H,50,51). The molecule has 2 unspecified atom stereocenters. The van der Waals surface area contributed by atoms with E-state index in [-0.39, 0.29) is 36.4 Å². The molecule has 6 rings (SSSR count). The molecule has 1 aliphatic carbocycles. The Hall–Kier alpha value is -4.12. The van der Waals surface area contributed by atoms with Crippen molar-refractivity contribution in [2.45, 2.75) is 53.4 Å². The van der Waals surface area contributed by atoms with E-state index >= 15 is 0 Å². The van der Waals surface area contributed by atoms with Gasteiger partial charge in [-0.1, -0.05) is 24.8 Å². The average Bonchev–Trinajstić information content (AvgIpc) is 3.91. The number of aromatic amines is 3. The van der Waals surface area contributed by atoms with E-state index < -0.39 is 29.2 Å². The third-order valence-electron chi connectivity index (χ3n) is 11.2. The SMILES string of the molecule is C=Cc1c2[nH]c(c1C)C(Br)=C1NC(=C(Br)c3[nH]c(c(CCC(=O)O)c3C)C(Br)=c3[nH]c(c(C)c3CCC(=O)OC)=C2Br)C2(C)C(C(=O)OC)=C(C(=O)OC)C=CC12. The Morgan fingerprint density at radius 3 is 2.00 bits per heavy atom. The minimum atomic E-state index is -1.24. The molecule has 0 spiro atoms. The van der Waals surface area contributed by atoms with Gasteiger partial charge in [0, 0.05) is 35.7 Å². The van der Waals surface area contributed by atoms with Gasteiger partial charge in [0.2, 0.25) is 0 Å². The molecule has 16 heteroatoms. The Bertz CT molecular complexity index is 2570. The average molecular weight is 1040 g/mol. The molecule has 5 N–H and O–H groups in total. The van der Waals surface area contributed by atoms with Gasteiger partial charge in [0.05, 0.1) is 89.3 Å². The van der Waals surface area contributed by atoms with Crippen molar-refractivity contribution in [2.75, 3.05) is 21.3 Å². The van der Waals surface area contributed by atoms with Crippen LogP contribution in [0.25, 0.3) is 24.0 Å². The molecule has 5 heterocycles. The molecular weight excluding hydrogens is 996 g/mol. The van der Waals surface area contributed by atoms with Crippen molar-refractivity contribution in [3.8, 4) is 0 Å². The summed E-state index contributed by atoms with van der Waals surface area (Å²) in [5.41, 5.74) is 7.73. The van der Waals surface area contributed by atoms with E-state index in [0.29, 0.717) is 52.5 Å². The van der Waals surface area contributed by atoms with Crippen molar-refractivity contribution in [3.63, 3.8) is 0 Å². The topological polar surface area (TPSA) is 176 Å². The number of nitrogens with one attached hydrogen (secondary N) is 4. The van der Waals surface area contributed by atoms with E-state index in [0.717, 1.165) is 50.1 Å². The molecule has 0 amide bonds. The number of carboxylic acid groups (broad SMARTS) is 1. The zero-order valence-electron chi connectivity index (χ0n) is 32.2. The van der Waals surface area contributed by atoms with Crippen molar-refractivity contribution >= 4 is 112 Å². The molecule has 8 bridgehead atoms. The first-order chi connectivity index (χ1) is 27.0. The number of methoxy groups -OCH3 is 3. The third-order valence-corrected chi connectivity index (χ3v) is 14.4. The maximum Gasteiger partial charge on any atom is 0.338 e. The summed E-state index contributed by atoms with van der Waals surface area (Å²) < 4.78 is 18.0. The molecule has 0 saturated carbocycles. The van der Waals surface area contributed by atoms with Gasteiger partial charge in [0.25, 0.3) is 0 Å². The Kier molecular flexibility index (Phi) is 12.1. The largest absolute Gasteiger partial charge is 0.481 e. The van der Waals surface area contributed by atoms with E-state index in [1.165, 1.54) is 21.3 Å². The van der Waals surface area contributed by atoms with Gasteiger partial charge in [-0.3, -0.25) is 9.59 Å². The van der Waals surface area contributed by atoms with Crippen LogP contribution in [-0.2, 0) is 46.2 Å². The minimum Gasteiger partial charge on any atom is -0.481 e. The fraction of sp³-hybridized carbons (Fsp3) is 0.317. The van der Waals surface area contributed by atoms with Gasteiger partial charge in [0.1, 0.15) is 0 Å². The summed E-state index contributed by atoms with van der Waals surface area (Å²) in [7, 11) is 3.87. The van der Waals surface area contributed by atoms with Crippen LogP contribution < -0.4 is 16.0 Å². The van der Waals surface area contributed by atoms with Crippen LogP contribution in [0.15, 0.2) is 41.3 Å². The maximum absolute atomic E-state index is 13.9. The lowest BCUT2D eigenvalue weighted by Gasteiger charge is -2.35.